The van der Waals surface area contributed by atoms with E-state index in [4.69, 9.17) is 15.6 Å². The van der Waals surface area contributed by atoms with E-state index in [0.717, 1.165) is 18.5 Å². The van der Waals surface area contributed by atoms with Crippen LogP contribution in [-0.4, -0.2) is 33.9 Å². The first-order valence-electron chi connectivity index (χ1n) is 7.44. The number of nitrogens with two attached hydrogens (primary N) is 1. The molecule has 0 aliphatic heterocycles. The number of benzene rings is 1. The van der Waals surface area contributed by atoms with E-state index in [0.29, 0.717) is 0 Å². The zero-order valence-electron chi connectivity index (χ0n) is 14.2. The number of rotatable bonds is 6. The van der Waals surface area contributed by atoms with E-state index >= 15 is 0 Å². The highest BCUT2D eigenvalue weighted by Crippen LogP contribution is 2.21. The maximum atomic E-state index is 13.6. The summed E-state index contributed by atoms with van der Waals surface area (Å²) in [6, 6.07) is 0.0934. The van der Waals surface area contributed by atoms with Crippen molar-refractivity contribution in [3.63, 3.8) is 0 Å². The Morgan fingerprint density at radius 2 is 1.82 bits per heavy atom. The monoisotopic (exact) mass is 399 g/mol. The highest BCUT2D eigenvalue weighted by molar-refractivity contribution is 6.06. The Kier molecular flexibility index (Phi) is 6.47. The summed E-state index contributed by atoms with van der Waals surface area (Å²) in [7, 11) is 1.37. The van der Waals surface area contributed by atoms with Crippen molar-refractivity contribution in [2.45, 2.75) is 6.61 Å². The number of carboxylic acid groups (broad SMARTS) is 1. The number of carboxylic acids is 1. The van der Waals surface area contributed by atoms with Gasteiger partial charge in [-0.2, -0.15) is 0 Å². The Bertz CT molecular complexity index is 922. The first-order chi connectivity index (χ1) is 13.2. The van der Waals surface area contributed by atoms with Gasteiger partial charge in [0.15, 0.2) is 29.0 Å². The Morgan fingerprint density at radius 1 is 1.25 bits per heavy atom. The number of hydrogen-bond acceptors (Lipinski definition) is 6. The lowest BCUT2D eigenvalue weighted by molar-refractivity contribution is -0.132. The number of nitrogens with zero attached hydrogens (tertiary/aromatic N) is 3. The summed E-state index contributed by atoms with van der Waals surface area (Å²) < 4.78 is 58.5. The second-order valence-electron chi connectivity index (χ2n) is 5.12. The minimum atomic E-state index is -1.57. The van der Waals surface area contributed by atoms with Gasteiger partial charge in [-0.15, -0.1) is 0 Å². The number of aliphatic carboxylic acids is 1. The van der Waals surface area contributed by atoms with Crippen LogP contribution in [0.5, 0.6) is 5.75 Å². The second-order valence-corrected chi connectivity index (χ2v) is 5.12. The molecule has 4 N–H and O–H groups in total. The Balaban J connectivity index is 2.08. The van der Waals surface area contributed by atoms with Crippen molar-refractivity contribution >= 4 is 17.8 Å². The molecule has 0 unspecified atom stereocenters. The quantitative estimate of drug-likeness (QED) is 0.223. The summed E-state index contributed by atoms with van der Waals surface area (Å²) in [4.78, 5) is 22.1. The van der Waals surface area contributed by atoms with Gasteiger partial charge in [-0.3, -0.25) is 4.99 Å². The molecule has 0 aliphatic carbocycles. The molecule has 8 nitrogen and oxygen atoms in total. The van der Waals surface area contributed by atoms with Crippen LogP contribution >= 0.6 is 0 Å². The van der Waals surface area contributed by atoms with E-state index in [1.807, 2.05) is 0 Å². The molecule has 0 radical (unpaired) electrons. The fraction of sp³-hybridized carbons (Fsp3) is 0.125. The SMILES string of the molecule is CN=C(C=C(N)C(=O)O)Nc1ncc(OCc2c(F)c(F)cc(F)c2F)cn1. The first kappa shape index (κ1) is 20.6. The molecule has 12 heteroatoms. The van der Waals surface area contributed by atoms with Crippen LogP contribution in [0.2, 0.25) is 0 Å². The van der Waals surface area contributed by atoms with Crippen LogP contribution in [0, 0.1) is 23.3 Å². The average Bonchev–Trinajstić information content (AvgIpc) is 2.66. The van der Waals surface area contributed by atoms with Crippen molar-refractivity contribution in [2.24, 2.45) is 10.7 Å². The van der Waals surface area contributed by atoms with Gasteiger partial charge < -0.3 is 20.9 Å². The van der Waals surface area contributed by atoms with E-state index in [-0.39, 0.29) is 23.6 Å². The van der Waals surface area contributed by atoms with Crippen molar-refractivity contribution < 1.29 is 32.2 Å². The van der Waals surface area contributed by atoms with Gasteiger partial charge in [-0.1, -0.05) is 0 Å². The summed E-state index contributed by atoms with van der Waals surface area (Å²) in [5, 5.41) is 11.3. The molecule has 0 bridgehead atoms. The molecule has 148 valence electrons. The molecule has 0 saturated heterocycles. The average molecular weight is 399 g/mol. The smallest absolute Gasteiger partial charge is 0.351 e. The third-order valence-corrected chi connectivity index (χ3v) is 3.23. The van der Waals surface area contributed by atoms with Crippen molar-refractivity contribution in [1.29, 1.82) is 0 Å². The van der Waals surface area contributed by atoms with Crippen LogP contribution in [0.25, 0.3) is 0 Å². The number of amidine groups is 1. The van der Waals surface area contributed by atoms with Crippen molar-refractivity contribution in [1.82, 2.24) is 9.97 Å². The van der Waals surface area contributed by atoms with Crippen LogP contribution in [0.15, 0.2) is 35.2 Å². The highest BCUT2D eigenvalue weighted by Gasteiger charge is 2.19. The largest absolute Gasteiger partial charge is 0.485 e. The van der Waals surface area contributed by atoms with Gasteiger partial charge >= 0.3 is 5.97 Å². The summed E-state index contributed by atoms with van der Waals surface area (Å²) >= 11 is 0. The molecule has 1 aromatic carbocycles. The fourth-order valence-corrected chi connectivity index (χ4v) is 1.84. The molecule has 0 atom stereocenters. The molecule has 0 fully saturated rings. The summed E-state index contributed by atoms with van der Waals surface area (Å²) in [6.07, 6.45) is 3.26. The number of aromatic nitrogens is 2. The van der Waals surface area contributed by atoms with E-state index < -0.39 is 47.1 Å². The van der Waals surface area contributed by atoms with E-state index in [1.165, 1.54) is 7.05 Å². The maximum absolute atomic E-state index is 13.6. The van der Waals surface area contributed by atoms with Crippen molar-refractivity contribution in [3.8, 4) is 5.75 Å². The van der Waals surface area contributed by atoms with Crippen LogP contribution in [0.1, 0.15) is 5.56 Å². The number of aliphatic imine (C=N–C) groups is 1. The standard InChI is InChI=1S/C16H13F4N5O3/c1-22-12(3-11(21)15(26)27)25-16-23-4-7(5-24-16)28-6-8-13(19)9(17)2-10(18)14(8)20/h2-5H,6,21H2,1H3,(H,26,27)(H,22,23,24,25). The maximum Gasteiger partial charge on any atom is 0.351 e. The van der Waals surface area contributed by atoms with Gasteiger partial charge in [0.25, 0.3) is 0 Å². The molecule has 2 rings (SSSR count). The number of ether oxygens (including phenoxy) is 1. The lowest BCUT2D eigenvalue weighted by Gasteiger charge is -2.09. The fourth-order valence-electron chi connectivity index (χ4n) is 1.84. The molecule has 1 heterocycles. The van der Waals surface area contributed by atoms with E-state index in [2.05, 4.69) is 20.3 Å². The number of anilines is 1. The van der Waals surface area contributed by atoms with Gasteiger partial charge in [-0.05, 0) is 0 Å². The van der Waals surface area contributed by atoms with E-state index in [9.17, 15) is 22.4 Å². The lowest BCUT2D eigenvalue weighted by Crippen LogP contribution is -2.17. The molecule has 0 aliphatic rings. The van der Waals surface area contributed by atoms with Gasteiger partial charge in [0.2, 0.25) is 5.95 Å². The van der Waals surface area contributed by atoms with Gasteiger partial charge in [0, 0.05) is 19.2 Å². The van der Waals surface area contributed by atoms with Gasteiger partial charge in [0.1, 0.15) is 18.1 Å². The van der Waals surface area contributed by atoms with Gasteiger partial charge in [0.05, 0.1) is 18.0 Å². The topological polar surface area (TPSA) is 123 Å². The number of hydrogen-bond donors (Lipinski definition) is 3. The lowest BCUT2D eigenvalue weighted by atomic mass is 10.2. The van der Waals surface area contributed by atoms with Crippen molar-refractivity contribution in [2.75, 3.05) is 12.4 Å². The second kappa shape index (κ2) is 8.79. The molecule has 1 aromatic heterocycles. The Hall–Kier alpha value is -3.70. The third-order valence-electron chi connectivity index (χ3n) is 3.23. The van der Waals surface area contributed by atoms with Crippen molar-refractivity contribution in [3.05, 3.63) is 59.1 Å². The molecule has 0 spiro atoms. The number of halogens is 4. The zero-order valence-corrected chi connectivity index (χ0v) is 14.2. The van der Waals surface area contributed by atoms with Crippen LogP contribution in [0.3, 0.4) is 0 Å². The number of carbonyl (C=O) groups is 1. The molecular weight excluding hydrogens is 386 g/mol. The molecule has 0 saturated carbocycles. The summed E-state index contributed by atoms with van der Waals surface area (Å²) in [5.74, 6) is -7.59. The van der Waals surface area contributed by atoms with Crippen LogP contribution in [0.4, 0.5) is 23.5 Å². The zero-order chi connectivity index (χ0) is 20.8. The normalized spacial score (nSPS) is 12.0. The summed E-state index contributed by atoms with van der Waals surface area (Å²) in [6.45, 7) is -0.804. The molecular formula is C16H13F4N5O3. The highest BCUT2D eigenvalue weighted by atomic mass is 19.2. The van der Waals surface area contributed by atoms with Crippen LogP contribution in [-0.2, 0) is 11.4 Å². The Morgan fingerprint density at radius 3 is 2.32 bits per heavy atom. The minimum Gasteiger partial charge on any atom is -0.485 e. The van der Waals surface area contributed by atoms with E-state index in [1.54, 1.807) is 0 Å². The first-order valence-corrected chi connectivity index (χ1v) is 7.44. The number of nitrogens with one attached hydrogen (secondary N) is 1. The predicted molar refractivity (Wildman–Crippen MR) is 89.5 cm³/mol. The summed E-state index contributed by atoms with van der Waals surface area (Å²) in [5.41, 5.74) is 3.88. The molecule has 0 amide bonds. The Labute approximate surface area is 155 Å². The van der Waals surface area contributed by atoms with Crippen LogP contribution < -0.4 is 15.8 Å². The molecule has 28 heavy (non-hydrogen) atoms. The minimum absolute atomic E-state index is 0.0171. The van der Waals surface area contributed by atoms with Gasteiger partial charge in [-0.25, -0.2) is 32.3 Å². The molecule has 2 aromatic rings. The third kappa shape index (κ3) is 4.93. The predicted octanol–water partition coefficient (Wildman–Crippen LogP) is 1.98.